The van der Waals surface area contributed by atoms with Crippen LogP contribution in [0, 0.1) is 0 Å². The molecule has 1 aliphatic carbocycles. The highest BCUT2D eigenvalue weighted by Gasteiger charge is 2.31. The van der Waals surface area contributed by atoms with Crippen LogP contribution in [0.15, 0.2) is 54.7 Å². The number of fused-ring (bicyclic) bond motifs is 1. The Kier molecular flexibility index (Phi) is 7.42. The van der Waals surface area contributed by atoms with E-state index in [-0.39, 0.29) is 29.5 Å². The summed E-state index contributed by atoms with van der Waals surface area (Å²) >= 11 is 0. The molecule has 0 saturated carbocycles. The van der Waals surface area contributed by atoms with E-state index >= 15 is 0 Å². The molecule has 0 bridgehead atoms. The highest BCUT2D eigenvalue weighted by Crippen LogP contribution is 2.31. The molecule has 10 heteroatoms. The van der Waals surface area contributed by atoms with Gasteiger partial charge in [0.25, 0.3) is 11.8 Å². The van der Waals surface area contributed by atoms with E-state index in [1.54, 1.807) is 29.2 Å². The summed E-state index contributed by atoms with van der Waals surface area (Å²) in [4.78, 5) is 48.8. The van der Waals surface area contributed by atoms with Crippen LogP contribution in [-0.4, -0.2) is 57.5 Å². The number of nitrogen functional groups attached to an aromatic ring is 1. The molecule has 2 aromatic carbocycles. The second-order valence-electron chi connectivity index (χ2n) is 11.2. The Bertz CT molecular complexity index is 1450. The molecule has 0 unspecified atom stereocenters. The van der Waals surface area contributed by atoms with Gasteiger partial charge in [0.2, 0.25) is 0 Å². The zero-order chi connectivity index (χ0) is 28.4. The van der Waals surface area contributed by atoms with Gasteiger partial charge < -0.3 is 26.0 Å². The van der Waals surface area contributed by atoms with Gasteiger partial charge >= 0.3 is 6.09 Å². The number of hydrogen-bond donors (Lipinski definition) is 3. The Morgan fingerprint density at radius 1 is 1.02 bits per heavy atom. The van der Waals surface area contributed by atoms with Crippen LogP contribution in [-0.2, 0) is 11.2 Å². The topological polar surface area (TPSA) is 140 Å². The fourth-order valence-corrected chi connectivity index (χ4v) is 5.10. The average Bonchev–Trinajstić information content (AvgIpc) is 3.55. The molecular formula is C30H34N6O4. The standard InChI is InChI=1S/C30H34N6O4/c1-30(2,3)40-29(39)36-14-13-21(17-36)33-28(38)25-26(31)32-16-24(34-25)19-8-6-9-20(15-19)27(37)35-23-12-11-18-7-4-5-10-22(18)23/h4-10,15-16,21,23H,11-14,17H2,1-3H3,(H2,31,32)(H,33,38)(H,35,37)/t21-,23-/m0/s1. The maximum atomic E-state index is 13.1. The van der Waals surface area contributed by atoms with Crippen LogP contribution in [0.25, 0.3) is 11.3 Å². The van der Waals surface area contributed by atoms with Crippen molar-refractivity contribution in [3.8, 4) is 11.3 Å². The number of hydrogen-bond acceptors (Lipinski definition) is 7. The third-order valence-corrected chi connectivity index (χ3v) is 7.05. The zero-order valence-electron chi connectivity index (χ0n) is 22.9. The van der Waals surface area contributed by atoms with Crippen molar-refractivity contribution in [1.82, 2.24) is 25.5 Å². The zero-order valence-corrected chi connectivity index (χ0v) is 22.9. The van der Waals surface area contributed by atoms with Crippen molar-refractivity contribution in [3.63, 3.8) is 0 Å². The summed E-state index contributed by atoms with van der Waals surface area (Å²) in [5, 5.41) is 6.04. The molecule has 40 heavy (non-hydrogen) atoms. The van der Waals surface area contributed by atoms with E-state index in [4.69, 9.17) is 10.5 Å². The van der Waals surface area contributed by atoms with Crippen molar-refractivity contribution >= 4 is 23.7 Å². The highest BCUT2D eigenvalue weighted by atomic mass is 16.6. The first-order valence-corrected chi connectivity index (χ1v) is 13.5. The van der Waals surface area contributed by atoms with Crippen LogP contribution in [0.2, 0.25) is 0 Å². The van der Waals surface area contributed by atoms with Crippen LogP contribution in [0.1, 0.15) is 71.6 Å². The minimum atomic E-state index is -0.594. The normalized spacial score (nSPS) is 18.2. The maximum absolute atomic E-state index is 13.1. The molecule has 2 atom stereocenters. The van der Waals surface area contributed by atoms with E-state index in [2.05, 4.69) is 32.7 Å². The molecule has 1 saturated heterocycles. The number of rotatable bonds is 5. The van der Waals surface area contributed by atoms with Crippen molar-refractivity contribution in [2.45, 2.75) is 57.7 Å². The van der Waals surface area contributed by atoms with Crippen LogP contribution >= 0.6 is 0 Å². The van der Waals surface area contributed by atoms with Gasteiger partial charge in [0.1, 0.15) is 5.60 Å². The van der Waals surface area contributed by atoms with Gasteiger partial charge in [0, 0.05) is 30.3 Å². The predicted octanol–water partition coefficient (Wildman–Crippen LogP) is 3.88. The van der Waals surface area contributed by atoms with Crippen molar-refractivity contribution in [3.05, 3.63) is 77.1 Å². The Morgan fingerprint density at radius 2 is 1.82 bits per heavy atom. The Morgan fingerprint density at radius 3 is 2.62 bits per heavy atom. The molecule has 5 rings (SSSR count). The molecule has 2 aliphatic rings. The van der Waals surface area contributed by atoms with E-state index in [1.165, 1.54) is 11.8 Å². The molecule has 1 fully saturated rings. The van der Waals surface area contributed by atoms with Gasteiger partial charge in [0.15, 0.2) is 11.5 Å². The SMILES string of the molecule is CC(C)(C)OC(=O)N1CC[C@H](NC(=O)c2nc(-c3cccc(C(=O)N[C@H]4CCc5ccccc54)c3)cnc2N)C1. The second kappa shape index (κ2) is 11.0. The lowest BCUT2D eigenvalue weighted by Gasteiger charge is -2.24. The van der Waals surface area contributed by atoms with Gasteiger partial charge in [-0.25, -0.2) is 14.8 Å². The second-order valence-corrected chi connectivity index (χ2v) is 11.2. The number of benzene rings is 2. The first-order chi connectivity index (χ1) is 19.1. The molecule has 1 aliphatic heterocycles. The van der Waals surface area contributed by atoms with Crippen LogP contribution < -0.4 is 16.4 Å². The number of carbonyl (C=O) groups excluding carboxylic acids is 3. The van der Waals surface area contributed by atoms with Crippen LogP contribution in [0.5, 0.6) is 0 Å². The smallest absolute Gasteiger partial charge is 0.410 e. The summed E-state index contributed by atoms with van der Waals surface area (Å²) in [6.07, 6.45) is 3.46. The molecule has 0 radical (unpaired) electrons. The van der Waals surface area contributed by atoms with Gasteiger partial charge in [0.05, 0.1) is 17.9 Å². The lowest BCUT2D eigenvalue weighted by molar-refractivity contribution is 0.0289. The predicted molar refractivity (Wildman–Crippen MR) is 151 cm³/mol. The summed E-state index contributed by atoms with van der Waals surface area (Å²) in [6.45, 7) is 6.24. The number of carbonyl (C=O) groups is 3. The monoisotopic (exact) mass is 542 g/mol. The number of aryl methyl sites for hydroxylation is 1. The molecule has 3 aromatic rings. The first-order valence-electron chi connectivity index (χ1n) is 13.5. The van der Waals surface area contributed by atoms with E-state index in [0.29, 0.717) is 36.3 Å². The summed E-state index contributed by atoms with van der Waals surface area (Å²) < 4.78 is 5.43. The number of likely N-dealkylation sites (tertiary alicyclic amines) is 1. The van der Waals surface area contributed by atoms with E-state index in [9.17, 15) is 14.4 Å². The maximum Gasteiger partial charge on any atom is 0.410 e. The van der Waals surface area contributed by atoms with Gasteiger partial charge in [-0.2, -0.15) is 0 Å². The van der Waals surface area contributed by atoms with E-state index in [1.807, 2.05) is 32.9 Å². The van der Waals surface area contributed by atoms with E-state index < -0.39 is 17.6 Å². The van der Waals surface area contributed by atoms with Gasteiger partial charge in [-0.15, -0.1) is 0 Å². The van der Waals surface area contributed by atoms with Crippen molar-refractivity contribution in [2.75, 3.05) is 18.8 Å². The third kappa shape index (κ3) is 6.06. The summed E-state index contributed by atoms with van der Waals surface area (Å²) in [5.41, 5.74) is 9.37. The summed E-state index contributed by atoms with van der Waals surface area (Å²) in [6, 6.07) is 14.9. The molecule has 3 amide bonds. The van der Waals surface area contributed by atoms with Gasteiger partial charge in [-0.05, 0) is 63.3 Å². The Hall–Kier alpha value is -4.47. The molecule has 2 heterocycles. The molecule has 10 nitrogen and oxygen atoms in total. The number of nitrogens with zero attached hydrogens (tertiary/aromatic N) is 3. The molecule has 1 aromatic heterocycles. The number of ether oxygens (including phenoxy) is 1. The molecule has 0 spiro atoms. The average molecular weight is 543 g/mol. The lowest BCUT2D eigenvalue weighted by Crippen LogP contribution is -2.40. The van der Waals surface area contributed by atoms with Gasteiger partial charge in [-0.3, -0.25) is 9.59 Å². The first kappa shape index (κ1) is 27.1. The minimum Gasteiger partial charge on any atom is -0.444 e. The molecular weight excluding hydrogens is 508 g/mol. The van der Waals surface area contributed by atoms with Crippen molar-refractivity contribution in [2.24, 2.45) is 0 Å². The Labute approximate surface area is 233 Å². The van der Waals surface area contributed by atoms with Gasteiger partial charge in [-0.1, -0.05) is 36.4 Å². The number of nitrogens with one attached hydrogen (secondary N) is 2. The van der Waals surface area contributed by atoms with Crippen molar-refractivity contribution < 1.29 is 19.1 Å². The molecule has 208 valence electrons. The quantitative estimate of drug-likeness (QED) is 0.445. The minimum absolute atomic E-state index is 0.00274. The molecule has 4 N–H and O–H groups in total. The third-order valence-electron chi connectivity index (χ3n) is 7.05. The Balaban J connectivity index is 1.26. The van der Waals surface area contributed by atoms with Crippen molar-refractivity contribution in [1.29, 1.82) is 0 Å². The fraction of sp³-hybridized carbons (Fsp3) is 0.367. The number of nitrogens with two attached hydrogens (primary N) is 1. The number of aromatic nitrogens is 2. The van der Waals surface area contributed by atoms with Crippen LogP contribution in [0.3, 0.4) is 0 Å². The number of anilines is 1. The summed E-state index contributed by atoms with van der Waals surface area (Å²) in [5.74, 6) is -0.658. The fourth-order valence-electron chi connectivity index (χ4n) is 5.10. The van der Waals surface area contributed by atoms with E-state index in [0.717, 1.165) is 18.4 Å². The lowest BCUT2D eigenvalue weighted by atomic mass is 10.1. The largest absolute Gasteiger partial charge is 0.444 e. The number of amides is 3. The highest BCUT2D eigenvalue weighted by molar-refractivity contribution is 5.98. The van der Waals surface area contributed by atoms with Crippen LogP contribution in [0.4, 0.5) is 10.6 Å². The summed E-state index contributed by atoms with van der Waals surface area (Å²) in [7, 11) is 0.